The minimum absolute atomic E-state index is 0.190. The Labute approximate surface area is 338 Å². The number of hydrogen-bond acceptors (Lipinski definition) is 6. The van der Waals surface area contributed by atoms with Gasteiger partial charge in [0, 0.05) is 6.42 Å². The molecule has 304 valence electrons. The van der Waals surface area contributed by atoms with Crippen molar-refractivity contribution in [1.82, 2.24) is 0 Å². The highest BCUT2D eigenvalue weighted by Gasteiger charge is 2.69. The number of hydrogen-bond donors (Lipinski definition) is 0. The number of benzene rings is 3. The summed E-state index contributed by atoms with van der Waals surface area (Å²) in [6.07, 6.45) is 5.70. The summed E-state index contributed by atoms with van der Waals surface area (Å²) in [5, 5.41) is 1.76. The van der Waals surface area contributed by atoms with Crippen molar-refractivity contribution in [3.63, 3.8) is 0 Å². The van der Waals surface area contributed by atoms with Gasteiger partial charge in [0.05, 0.1) is 12.5 Å². The Balaban J connectivity index is 1.47. The van der Waals surface area contributed by atoms with Crippen molar-refractivity contribution in [2.24, 2.45) is 47.3 Å². The summed E-state index contributed by atoms with van der Waals surface area (Å²) in [4.78, 5) is 30.0. The summed E-state index contributed by atoms with van der Waals surface area (Å²) in [7, 11) is -3.30. The standard InChI is InChI=1S/C49H68O6Si/c1-33(2)40-27-25-35(5)29-43(40)53-46(50)42-31-49(52-32-37-19-13-10-14-20-37,45(42)47(51)54-44-30-36(6)26-28-41(44)34(3)4)55-56(48(7,8)9,38-21-15-11-16-22-38)39-23-17-12-18-24-39/h10-24,33-36,40-45H,25-32H2,1-9H3. The molecule has 0 aliphatic heterocycles. The van der Waals surface area contributed by atoms with E-state index >= 15 is 4.79 Å². The largest absolute Gasteiger partial charge is 0.462 e. The fraction of sp³-hybridized carbons (Fsp3) is 0.592. The van der Waals surface area contributed by atoms with E-state index in [0.29, 0.717) is 23.7 Å². The molecule has 3 aliphatic carbocycles. The molecule has 6 rings (SSSR count). The molecule has 0 radical (unpaired) electrons. The Morgan fingerprint density at radius 2 is 1.12 bits per heavy atom. The molecule has 3 fully saturated rings. The predicted octanol–water partition coefficient (Wildman–Crippen LogP) is 10.1. The quantitative estimate of drug-likeness (QED) is 0.0978. The van der Waals surface area contributed by atoms with Crippen LogP contribution in [-0.4, -0.2) is 38.3 Å². The Morgan fingerprint density at radius 1 is 0.679 bits per heavy atom. The van der Waals surface area contributed by atoms with Gasteiger partial charge in [0.2, 0.25) is 0 Å². The minimum atomic E-state index is -3.30. The van der Waals surface area contributed by atoms with Gasteiger partial charge in [-0.05, 0) is 82.2 Å². The second-order valence-electron chi connectivity index (χ2n) is 19.2. The lowest BCUT2D eigenvalue weighted by atomic mass is 9.67. The summed E-state index contributed by atoms with van der Waals surface area (Å²) in [6, 6.07) is 30.9. The first-order valence-electron chi connectivity index (χ1n) is 21.5. The van der Waals surface area contributed by atoms with Gasteiger partial charge in [-0.15, -0.1) is 0 Å². The van der Waals surface area contributed by atoms with Crippen molar-refractivity contribution in [3.8, 4) is 0 Å². The highest BCUT2D eigenvalue weighted by molar-refractivity contribution is 6.99. The molecule has 0 heterocycles. The zero-order chi connectivity index (χ0) is 40.3. The van der Waals surface area contributed by atoms with Crippen molar-refractivity contribution in [3.05, 3.63) is 96.6 Å². The van der Waals surface area contributed by atoms with Crippen molar-refractivity contribution in [1.29, 1.82) is 0 Å². The van der Waals surface area contributed by atoms with E-state index in [-0.39, 0.29) is 43.0 Å². The molecule has 0 N–H and O–H groups in total. The van der Waals surface area contributed by atoms with Crippen LogP contribution in [0.2, 0.25) is 5.04 Å². The van der Waals surface area contributed by atoms with Gasteiger partial charge >= 0.3 is 11.9 Å². The third-order valence-electron chi connectivity index (χ3n) is 13.5. The molecular formula is C49H68O6Si. The third-order valence-corrected chi connectivity index (χ3v) is 18.5. The van der Waals surface area contributed by atoms with Crippen molar-refractivity contribution < 1.29 is 28.2 Å². The summed E-state index contributed by atoms with van der Waals surface area (Å²) in [5.41, 5.74) is 0.966. The summed E-state index contributed by atoms with van der Waals surface area (Å²) in [5.74, 6) is -1.79. The molecule has 0 bridgehead atoms. The lowest BCUT2D eigenvalue weighted by Gasteiger charge is -2.57. The molecule has 0 amide bonds. The Bertz CT molecular complexity index is 1680. The molecule has 0 spiro atoms. The third kappa shape index (κ3) is 8.90. The Kier molecular flexibility index (Phi) is 13.4. The fourth-order valence-corrected chi connectivity index (χ4v) is 14.9. The second kappa shape index (κ2) is 17.7. The molecule has 3 aliphatic rings. The van der Waals surface area contributed by atoms with Gasteiger partial charge in [-0.2, -0.15) is 0 Å². The number of ether oxygens (including phenoxy) is 3. The molecule has 9 unspecified atom stereocenters. The van der Waals surface area contributed by atoms with E-state index in [1.165, 1.54) is 0 Å². The lowest BCUT2D eigenvalue weighted by Crippen LogP contribution is -2.75. The minimum Gasteiger partial charge on any atom is -0.462 e. The average molecular weight is 781 g/mol. The van der Waals surface area contributed by atoms with Crippen LogP contribution in [0.15, 0.2) is 91.0 Å². The molecule has 9 atom stereocenters. The zero-order valence-corrected chi connectivity index (χ0v) is 36.5. The summed E-state index contributed by atoms with van der Waals surface area (Å²) in [6.45, 7) is 20.3. The number of esters is 2. The van der Waals surface area contributed by atoms with Crippen LogP contribution in [0.3, 0.4) is 0 Å². The molecule has 3 saturated carbocycles. The van der Waals surface area contributed by atoms with E-state index in [0.717, 1.165) is 54.5 Å². The van der Waals surface area contributed by atoms with Gasteiger partial charge in [-0.25, -0.2) is 0 Å². The smallest absolute Gasteiger partial charge is 0.315 e. The first-order chi connectivity index (χ1) is 26.6. The van der Waals surface area contributed by atoms with Crippen LogP contribution in [-0.2, 0) is 34.8 Å². The highest BCUT2D eigenvalue weighted by atomic mass is 28.4. The maximum absolute atomic E-state index is 15.3. The van der Waals surface area contributed by atoms with Crippen LogP contribution in [0.1, 0.15) is 113 Å². The summed E-state index contributed by atoms with van der Waals surface area (Å²) < 4.78 is 28.3. The van der Waals surface area contributed by atoms with Gasteiger partial charge in [0.15, 0.2) is 5.79 Å². The molecule has 6 nitrogen and oxygen atoms in total. The number of carbonyl (C=O) groups excluding carboxylic acids is 2. The first kappa shape index (κ1) is 42.3. The SMILES string of the molecule is CC1CCC(C(C)C)C(OC(=O)C2CC(OCc3ccccc3)(O[Si](c3ccccc3)(c3ccccc3)C(C)(C)C)C2C(=O)OC2CC(C)CCC2C(C)C)C1. The Hall–Kier alpha value is -3.26. The zero-order valence-electron chi connectivity index (χ0n) is 35.5. The van der Waals surface area contributed by atoms with Crippen LogP contribution in [0.5, 0.6) is 0 Å². The normalized spacial score (nSPS) is 29.8. The van der Waals surface area contributed by atoms with E-state index in [1.54, 1.807) is 0 Å². The van der Waals surface area contributed by atoms with Gasteiger partial charge in [-0.3, -0.25) is 9.59 Å². The number of rotatable bonds is 13. The van der Waals surface area contributed by atoms with Crippen LogP contribution in [0.4, 0.5) is 0 Å². The fourth-order valence-electron chi connectivity index (χ4n) is 10.2. The van der Waals surface area contributed by atoms with E-state index in [1.807, 2.05) is 42.5 Å². The maximum atomic E-state index is 15.3. The summed E-state index contributed by atoms with van der Waals surface area (Å²) >= 11 is 0. The second-order valence-corrected chi connectivity index (χ2v) is 23.5. The van der Waals surface area contributed by atoms with Crippen molar-refractivity contribution >= 4 is 30.6 Å². The molecule has 56 heavy (non-hydrogen) atoms. The molecule has 3 aromatic rings. The van der Waals surface area contributed by atoms with Crippen molar-refractivity contribution in [2.45, 2.75) is 137 Å². The van der Waals surface area contributed by atoms with E-state index < -0.39 is 36.9 Å². The van der Waals surface area contributed by atoms with E-state index in [2.05, 4.69) is 111 Å². The Morgan fingerprint density at radius 3 is 1.57 bits per heavy atom. The van der Waals surface area contributed by atoms with Gasteiger partial charge in [0.25, 0.3) is 8.32 Å². The molecule has 3 aromatic carbocycles. The lowest BCUT2D eigenvalue weighted by molar-refractivity contribution is -0.301. The molecule has 0 aromatic heterocycles. The van der Waals surface area contributed by atoms with Crippen LogP contribution in [0, 0.1) is 47.3 Å². The van der Waals surface area contributed by atoms with Crippen molar-refractivity contribution in [2.75, 3.05) is 0 Å². The van der Waals surface area contributed by atoms with Gasteiger partial charge in [-0.1, -0.05) is 166 Å². The average Bonchev–Trinajstić information content (AvgIpc) is 3.15. The van der Waals surface area contributed by atoms with Gasteiger partial charge < -0.3 is 18.6 Å². The topological polar surface area (TPSA) is 71.1 Å². The predicted molar refractivity (Wildman–Crippen MR) is 227 cm³/mol. The first-order valence-corrected chi connectivity index (χ1v) is 23.5. The monoisotopic (exact) mass is 780 g/mol. The van der Waals surface area contributed by atoms with Crippen LogP contribution >= 0.6 is 0 Å². The van der Waals surface area contributed by atoms with E-state index in [4.69, 9.17) is 18.6 Å². The van der Waals surface area contributed by atoms with Crippen LogP contribution in [0.25, 0.3) is 0 Å². The highest BCUT2D eigenvalue weighted by Crippen LogP contribution is 2.54. The maximum Gasteiger partial charge on any atom is 0.315 e. The van der Waals surface area contributed by atoms with Crippen LogP contribution < -0.4 is 10.4 Å². The molecular weight excluding hydrogens is 713 g/mol. The molecule has 0 saturated heterocycles. The molecule has 7 heteroatoms. The van der Waals surface area contributed by atoms with E-state index in [9.17, 15) is 4.79 Å². The number of carbonyl (C=O) groups is 2. The van der Waals surface area contributed by atoms with Gasteiger partial charge in [0.1, 0.15) is 18.1 Å².